The van der Waals surface area contributed by atoms with E-state index in [-0.39, 0.29) is 19.3 Å². The first-order valence-corrected chi connectivity index (χ1v) is 30.5. The second-order valence-electron chi connectivity index (χ2n) is 21.0. The van der Waals surface area contributed by atoms with Crippen molar-refractivity contribution < 1.29 is 82.8 Å². The van der Waals surface area contributed by atoms with E-state index in [0.717, 1.165) is 70.6 Å². The van der Waals surface area contributed by atoms with Gasteiger partial charge in [0.25, 0.3) is 0 Å². The van der Waals surface area contributed by atoms with Gasteiger partial charge in [0.15, 0.2) is 12.6 Å². The normalized spacial score (nSPS) is 25.1. The van der Waals surface area contributed by atoms with Crippen molar-refractivity contribution >= 4 is 25.6 Å². The number of carbonyl (C=O) groups is 3. The van der Waals surface area contributed by atoms with Gasteiger partial charge in [-0.2, -0.15) is 0 Å². The van der Waals surface area contributed by atoms with Crippen LogP contribution in [0, 0.1) is 0 Å². The molecule has 19 nitrogen and oxygen atoms in total. The number of phosphoric ester groups is 1. The average Bonchev–Trinajstić information content (AvgIpc) is 3.35. The van der Waals surface area contributed by atoms with Crippen LogP contribution in [0.2, 0.25) is 0 Å². The van der Waals surface area contributed by atoms with Gasteiger partial charge in [-0.1, -0.05) is 194 Å². The number of hydrogen-bond donors (Lipinski definition) is 10. The second kappa shape index (κ2) is 41.2. The van der Waals surface area contributed by atoms with Crippen molar-refractivity contribution in [2.45, 2.75) is 313 Å². The molecule has 2 aliphatic rings. The molecular weight excluding hydrogens is 980 g/mol. The predicted octanol–water partition coefficient (Wildman–Crippen LogP) is 7.56. The number of aliphatic hydroxyl groups excluding tert-OH is 6. The first-order chi connectivity index (χ1) is 35.5. The van der Waals surface area contributed by atoms with Gasteiger partial charge in [0.05, 0.1) is 32.2 Å². The Morgan fingerprint density at radius 1 is 0.554 bits per heavy atom. The van der Waals surface area contributed by atoms with E-state index in [0.29, 0.717) is 25.7 Å². The lowest BCUT2D eigenvalue weighted by atomic mass is 9.95. The Morgan fingerprint density at radius 2 is 1.00 bits per heavy atom. The lowest BCUT2D eigenvalue weighted by molar-refractivity contribution is -0.296. The Bertz CT molecular complexity index is 1500. The molecule has 0 radical (unpaired) electrons. The first-order valence-electron chi connectivity index (χ1n) is 29.0. The maximum Gasteiger partial charge on any atom is 0.470 e. The van der Waals surface area contributed by atoms with E-state index >= 15 is 0 Å². The maximum atomic E-state index is 13.9. The van der Waals surface area contributed by atoms with Gasteiger partial charge in [0, 0.05) is 6.42 Å². The Balaban J connectivity index is 2.07. The first kappa shape index (κ1) is 68.3. The molecule has 74 heavy (non-hydrogen) atoms. The summed E-state index contributed by atoms with van der Waals surface area (Å²) in [5, 5.41) is 70.2. The lowest BCUT2D eigenvalue weighted by Gasteiger charge is -2.45. The standard InChI is InChI=1S/C54H103N2O17P/c1-4-7-10-13-16-19-20-23-26-29-32-35-46(61)70-41(34-31-28-25-22-18-15-12-9-6-3)37-45(60)56-48-51(64)52(73-74(66,67)68)42(38-57)72-54(48)69-39-43-49(62)50(63)47(53(65)71-43)55-44(59)36-40(58)33-30-27-24-21-17-14-11-8-5-2/h40-43,47-54,57-58,62-65H,4-39H2,1-3H3,(H,55,59)(H,56,60)(H2,66,67,68)/t40-,41+,42+,43+,47+,48+,49+,50+,51+,52+,53-,54+/m0/s1. The van der Waals surface area contributed by atoms with Gasteiger partial charge in [0.1, 0.15) is 54.8 Å². The summed E-state index contributed by atoms with van der Waals surface area (Å²) >= 11 is 0. The van der Waals surface area contributed by atoms with Crippen LogP contribution >= 0.6 is 7.82 Å². The van der Waals surface area contributed by atoms with Crippen LogP contribution in [0.15, 0.2) is 0 Å². The average molecular weight is 1080 g/mol. The fraction of sp³-hybridized carbons (Fsp3) is 0.944. The number of phosphoric acid groups is 1. The molecule has 2 fully saturated rings. The van der Waals surface area contributed by atoms with Crippen LogP contribution in [0.4, 0.5) is 0 Å². The van der Waals surface area contributed by atoms with Crippen LogP contribution in [0.25, 0.3) is 0 Å². The summed E-state index contributed by atoms with van der Waals surface area (Å²) < 4.78 is 39.9. The van der Waals surface area contributed by atoms with E-state index in [1.165, 1.54) is 103 Å². The molecule has 436 valence electrons. The highest BCUT2D eigenvalue weighted by Crippen LogP contribution is 2.41. The van der Waals surface area contributed by atoms with Crippen molar-refractivity contribution in [1.29, 1.82) is 0 Å². The van der Waals surface area contributed by atoms with Crippen molar-refractivity contribution in [2.24, 2.45) is 0 Å². The summed E-state index contributed by atoms with van der Waals surface area (Å²) in [5.41, 5.74) is 0. The van der Waals surface area contributed by atoms with Crippen molar-refractivity contribution in [3.05, 3.63) is 0 Å². The second-order valence-corrected chi connectivity index (χ2v) is 22.2. The van der Waals surface area contributed by atoms with Crippen LogP contribution in [-0.2, 0) is 42.4 Å². The van der Waals surface area contributed by atoms with Crippen LogP contribution in [-0.4, -0.2) is 145 Å². The zero-order valence-corrected chi connectivity index (χ0v) is 46.5. The topological polar surface area (TPSA) is 300 Å². The van der Waals surface area contributed by atoms with Gasteiger partial charge in [0.2, 0.25) is 11.8 Å². The molecule has 0 saturated carbocycles. The van der Waals surface area contributed by atoms with Crippen molar-refractivity contribution in [1.82, 2.24) is 10.6 Å². The van der Waals surface area contributed by atoms with Gasteiger partial charge in [-0.3, -0.25) is 18.9 Å². The molecule has 0 aromatic carbocycles. The quantitative estimate of drug-likeness (QED) is 0.0160. The molecule has 2 saturated heterocycles. The van der Waals surface area contributed by atoms with Gasteiger partial charge in [-0.05, 0) is 25.7 Å². The summed E-state index contributed by atoms with van der Waals surface area (Å²) in [5.74, 6) is -1.84. The summed E-state index contributed by atoms with van der Waals surface area (Å²) in [6.45, 7) is 4.97. The Kier molecular flexibility index (Phi) is 38.0. The van der Waals surface area contributed by atoms with Gasteiger partial charge >= 0.3 is 13.8 Å². The molecule has 2 heterocycles. The summed E-state index contributed by atoms with van der Waals surface area (Å²) in [7, 11) is -5.31. The number of rotatable bonds is 45. The predicted molar refractivity (Wildman–Crippen MR) is 281 cm³/mol. The van der Waals surface area contributed by atoms with Crippen LogP contribution < -0.4 is 10.6 Å². The SMILES string of the molecule is CCCCCCCCCCCCCC(=O)O[C@H](CCCCCCCCCCC)CC(=O)N[C@H]1[C@H](OC[C@H]2O[C@H](O)[C@H](NC(=O)C[C@@H](O)CCCCCCCCCCC)[C@@H](O)[C@@H]2O)O[C@H](CO)[C@@H](OP(=O)(O)O)[C@@H]1O. The number of carbonyl (C=O) groups excluding carboxylic acids is 3. The van der Waals surface area contributed by atoms with Crippen LogP contribution in [0.1, 0.15) is 239 Å². The maximum absolute atomic E-state index is 13.9. The zero-order chi connectivity index (χ0) is 54.6. The number of amides is 2. The van der Waals surface area contributed by atoms with E-state index in [4.69, 9.17) is 23.5 Å². The number of hydrogen-bond acceptors (Lipinski definition) is 15. The fourth-order valence-corrected chi connectivity index (χ4v) is 10.4. The Labute approximate surface area is 443 Å². The highest BCUT2D eigenvalue weighted by Gasteiger charge is 2.51. The molecule has 0 bridgehead atoms. The zero-order valence-electron chi connectivity index (χ0n) is 45.6. The minimum atomic E-state index is -5.31. The van der Waals surface area contributed by atoms with Gasteiger partial charge in [-0.25, -0.2) is 4.57 Å². The minimum absolute atomic E-state index is 0.191. The van der Waals surface area contributed by atoms with E-state index < -0.39 is 112 Å². The lowest BCUT2D eigenvalue weighted by Crippen LogP contribution is -2.67. The number of ether oxygens (including phenoxy) is 4. The molecular formula is C54H103N2O17P. The Hall–Kier alpha value is -1.84. The summed E-state index contributed by atoms with van der Waals surface area (Å²) in [4.78, 5) is 59.2. The molecule has 0 unspecified atom stereocenters. The van der Waals surface area contributed by atoms with E-state index in [1.807, 2.05) is 0 Å². The monoisotopic (exact) mass is 1080 g/mol. The summed E-state index contributed by atoms with van der Waals surface area (Å²) in [6, 6.07) is -3.12. The third-order valence-electron chi connectivity index (χ3n) is 14.3. The molecule has 0 aromatic rings. The molecule has 2 rings (SSSR count). The van der Waals surface area contributed by atoms with Crippen molar-refractivity contribution in [2.75, 3.05) is 13.2 Å². The van der Waals surface area contributed by atoms with Crippen molar-refractivity contribution in [3.63, 3.8) is 0 Å². The summed E-state index contributed by atoms with van der Waals surface area (Å²) in [6.07, 6.45) is 16.2. The van der Waals surface area contributed by atoms with Crippen LogP contribution in [0.3, 0.4) is 0 Å². The highest BCUT2D eigenvalue weighted by molar-refractivity contribution is 7.46. The fourth-order valence-electron chi connectivity index (χ4n) is 9.85. The molecule has 10 N–H and O–H groups in total. The molecule has 0 aliphatic carbocycles. The third-order valence-corrected chi connectivity index (χ3v) is 14.8. The van der Waals surface area contributed by atoms with E-state index in [9.17, 15) is 59.4 Å². The number of aliphatic hydroxyl groups is 6. The highest BCUT2D eigenvalue weighted by atomic mass is 31.2. The Morgan fingerprint density at radius 3 is 1.49 bits per heavy atom. The molecule has 20 heteroatoms. The smallest absolute Gasteiger partial charge is 0.462 e. The largest absolute Gasteiger partial charge is 0.470 e. The van der Waals surface area contributed by atoms with Gasteiger partial charge < -0.3 is 70.0 Å². The third kappa shape index (κ3) is 30.3. The van der Waals surface area contributed by atoms with E-state index in [2.05, 4.69) is 31.4 Å². The molecule has 0 aromatic heterocycles. The number of esters is 1. The number of unbranched alkanes of at least 4 members (excludes halogenated alkanes) is 26. The van der Waals surface area contributed by atoms with Gasteiger partial charge in [-0.15, -0.1) is 0 Å². The minimum Gasteiger partial charge on any atom is -0.462 e. The van der Waals surface area contributed by atoms with Crippen LogP contribution in [0.5, 0.6) is 0 Å². The molecule has 0 spiro atoms. The number of nitrogens with one attached hydrogen (secondary N) is 2. The molecule has 12 atom stereocenters. The van der Waals surface area contributed by atoms with E-state index in [1.54, 1.807) is 0 Å². The van der Waals surface area contributed by atoms with Crippen molar-refractivity contribution in [3.8, 4) is 0 Å². The molecule has 2 amide bonds. The molecule has 2 aliphatic heterocycles.